The lowest BCUT2D eigenvalue weighted by Gasteiger charge is -2.43. The van der Waals surface area contributed by atoms with Crippen molar-refractivity contribution in [1.82, 2.24) is 0 Å². The first-order valence-corrected chi connectivity index (χ1v) is 12.7. The van der Waals surface area contributed by atoms with Crippen LogP contribution in [-0.4, -0.2) is 11.8 Å². The monoisotopic (exact) mass is 470 g/mol. The average Bonchev–Trinajstić information content (AvgIpc) is 3.23. The molecule has 2 atom stereocenters. The highest BCUT2D eigenvalue weighted by Gasteiger charge is 2.46. The molecule has 2 N–H and O–H groups in total. The molecule has 0 heterocycles. The molecule has 0 saturated carbocycles. The van der Waals surface area contributed by atoms with Gasteiger partial charge in [0, 0.05) is 17.3 Å². The van der Waals surface area contributed by atoms with Crippen LogP contribution in [0, 0.1) is 10.8 Å². The molecule has 0 amide bonds. The Morgan fingerprint density at radius 2 is 1.33 bits per heavy atom. The summed E-state index contributed by atoms with van der Waals surface area (Å²) in [5.74, 6) is 0. The fourth-order valence-corrected chi connectivity index (χ4v) is 5.89. The van der Waals surface area contributed by atoms with E-state index in [9.17, 15) is 0 Å². The van der Waals surface area contributed by atoms with E-state index in [1.807, 2.05) is 6.08 Å². The first-order valence-electron chi connectivity index (χ1n) is 12.7. The van der Waals surface area contributed by atoms with Crippen LogP contribution in [0.5, 0.6) is 0 Å². The molecule has 0 aromatic heterocycles. The summed E-state index contributed by atoms with van der Waals surface area (Å²) in [6.45, 7) is 10.5. The van der Waals surface area contributed by atoms with Gasteiger partial charge in [0.05, 0.1) is 11.0 Å². The predicted molar refractivity (Wildman–Crippen MR) is 153 cm³/mol. The van der Waals surface area contributed by atoms with Crippen molar-refractivity contribution >= 4 is 11.9 Å². The number of anilines is 1. The van der Waals surface area contributed by atoms with Crippen molar-refractivity contribution in [2.24, 2.45) is 5.41 Å². The van der Waals surface area contributed by atoms with Crippen molar-refractivity contribution in [1.29, 1.82) is 5.41 Å². The number of benzene rings is 4. The first-order chi connectivity index (χ1) is 17.4. The van der Waals surface area contributed by atoms with Crippen LogP contribution in [0.2, 0.25) is 0 Å². The number of hydrogen-bond donors (Lipinski definition) is 2. The van der Waals surface area contributed by atoms with E-state index >= 15 is 0 Å². The number of rotatable bonds is 8. The lowest BCUT2D eigenvalue weighted by atomic mass is 9.67. The second-order valence-corrected chi connectivity index (χ2v) is 10.2. The van der Waals surface area contributed by atoms with Gasteiger partial charge in [0.15, 0.2) is 0 Å². The zero-order valence-electron chi connectivity index (χ0n) is 21.4. The molecule has 1 aliphatic carbocycles. The van der Waals surface area contributed by atoms with E-state index in [-0.39, 0.29) is 5.41 Å². The van der Waals surface area contributed by atoms with Gasteiger partial charge in [-0.15, -0.1) is 6.58 Å². The zero-order valence-corrected chi connectivity index (χ0v) is 21.4. The van der Waals surface area contributed by atoms with Gasteiger partial charge in [-0.1, -0.05) is 111 Å². The molecular weight excluding hydrogens is 436 g/mol. The van der Waals surface area contributed by atoms with Gasteiger partial charge in [-0.3, -0.25) is 0 Å². The largest absolute Gasteiger partial charge is 0.374 e. The standard InChI is InChI=1S/C34H34N2/c1-5-32(3,6-2)33(4,24-35)36-27-21-22-29-28-19-13-14-20-30(28)34(31(29)23-27,25-15-9-7-10-16-25)26-17-11-8-12-18-26/h5,7-24,35-36H,1,6H2,2-4H3/t32-,33?/m0/s1. The number of nitrogens with one attached hydrogen (secondary N) is 2. The van der Waals surface area contributed by atoms with E-state index in [2.05, 4.69) is 136 Å². The maximum absolute atomic E-state index is 8.34. The Morgan fingerprint density at radius 1 is 0.778 bits per heavy atom. The summed E-state index contributed by atoms with van der Waals surface area (Å²) in [4.78, 5) is 0. The maximum Gasteiger partial charge on any atom is 0.0779 e. The molecule has 0 spiro atoms. The van der Waals surface area contributed by atoms with Crippen molar-refractivity contribution in [3.05, 3.63) is 138 Å². The molecule has 1 aliphatic rings. The lowest BCUT2D eigenvalue weighted by molar-refractivity contribution is 0.313. The number of fused-ring (bicyclic) bond motifs is 3. The van der Waals surface area contributed by atoms with Crippen molar-refractivity contribution < 1.29 is 0 Å². The summed E-state index contributed by atoms with van der Waals surface area (Å²) in [7, 11) is 0. The van der Waals surface area contributed by atoms with E-state index in [4.69, 9.17) is 5.41 Å². The highest BCUT2D eigenvalue weighted by atomic mass is 15.0. The molecule has 0 aliphatic heterocycles. The molecule has 0 bridgehead atoms. The fraction of sp³-hybridized carbons (Fsp3) is 0.206. The maximum atomic E-state index is 8.34. The molecule has 4 aromatic carbocycles. The van der Waals surface area contributed by atoms with Gasteiger partial charge in [-0.25, -0.2) is 0 Å². The molecule has 2 nitrogen and oxygen atoms in total. The minimum atomic E-state index is -0.578. The SMILES string of the molecule is C=C[C@@](C)(CC)C(C)(C=N)Nc1ccc2c(c1)C(c1ccccc1)(c1ccccc1)c1ccccc1-2. The zero-order chi connectivity index (χ0) is 25.4. The van der Waals surface area contributed by atoms with Crippen LogP contribution < -0.4 is 5.32 Å². The van der Waals surface area contributed by atoms with Crippen molar-refractivity contribution in [2.45, 2.75) is 38.1 Å². The van der Waals surface area contributed by atoms with Gasteiger partial charge in [-0.05, 0) is 58.9 Å². The van der Waals surface area contributed by atoms with Crippen LogP contribution in [0.1, 0.15) is 49.4 Å². The summed E-state index contributed by atoms with van der Waals surface area (Å²) in [5.41, 5.74) is 7.30. The summed E-state index contributed by atoms with van der Waals surface area (Å²) >= 11 is 0. The Morgan fingerprint density at radius 3 is 1.89 bits per heavy atom. The summed E-state index contributed by atoms with van der Waals surface area (Å²) in [5, 5.41) is 12.1. The molecule has 0 radical (unpaired) electrons. The second kappa shape index (κ2) is 8.95. The van der Waals surface area contributed by atoms with E-state index in [1.54, 1.807) is 0 Å². The Labute approximate surface area is 215 Å². The molecule has 5 rings (SSSR count). The van der Waals surface area contributed by atoms with Gasteiger partial charge < -0.3 is 10.7 Å². The first kappa shape index (κ1) is 23.8. The van der Waals surface area contributed by atoms with Crippen molar-refractivity contribution in [2.75, 3.05) is 5.32 Å². The Kier molecular flexibility index (Phi) is 5.92. The quantitative estimate of drug-likeness (QED) is 0.173. The topological polar surface area (TPSA) is 35.9 Å². The van der Waals surface area contributed by atoms with Gasteiger partial charge in [-0.2, -0.15) is 0 Å². The van der Waals surface area contributed by atoms with Gasteiger partial charge in [0.2, 0.25) is 0 Å². The molecule has 4 aromatic rings. The van der Waals surface area contributed by atoms with E-state index in [0.717, 1.165) is 12.1 Å². The van der Waals surface area contributed by atoms with Gasteiger partial charge in [0.25, 0.3) is 0 Å². The molecular formula is C34H34N2. The predicted octanol–water partition coefficient (Wildman–Crippen LogP) is 8.47. The summed E-state index contributed by atoms with van der Waals surface area (Å²) < 4.78 is 0. The van der Waals surface area contributed by atoms with Crippen LogP contribution >= 0.6 is 0 Å². The molecule has 1 unspecified atom stereocenters. The third-order valence-electron chi connectivity index (χ3n) is 8.52. The smallest absolute Gasteiger partial charge is 0.0779 e. The molecule has 180 valence electrons. The summed E-state index contributed by atoms with van der Waals surface area (Å²) in [6.07, 6.45) is 4.39. The van der Waals surface area contributed by atoms with E-state index in [1.165, 1.54) is 39.6 Å². The Hall–Kier alpha value is -3.91. The van der Waals surface area contributed by atoms with Crippen molar-refractivity contribution in [3.8, 4) is 11.1 Å². The number of hydrogen-bond acceptors (Lipinski definition) is 2. The summed E-state index contributed by atoms with van der Waals surface area (Å²) in [6, 6.07) is 37.1. The highest BCUT2D eigenvalue weighted by molar-refractivity contribution is 5.88. The minimum absolute atomic E-state index is 0.271. The minimum Gasteiger partial charge on any atom is -0.374 e. The molecule has 0 saturated heterocycles. The van der Waals surface area contributed by atoms with Crippen LogP contribution in [0.4, 0.5) is 5.69 Å². The molecule has 2 heteroatoms. The van der Waals surface area contributed by atoms with Gasteiger partial charge >= 0.3 is 0 Å². The fourth-order valence-electron chi connectivity index (χ4n) is 5.89. The van der Waals surface area contributed by atoms with Crippen LogP contribution in [0.25, 0.3) is 11.1 Å². The van der Waals surface area contributed by atoms with Crippen molar-refractivity contribution in [3.63, 3.8) is 0 Å². The van der Waals surface area contributed by atoms with Crippen LogP contribution in [-0.2, 0) is 5.41 Å². The highest BCUT2D eigenvalue weighted by Crippen LogP contribution is 2.56. The lowest BCUT2D eigenvalue weighted by Crippen LogP contribution is -2.50. The average molecular weight is 471 g/mol. The van der Waals surface area contributed by atoms with E-state index in [0.29, 0.717) is 0 Å². The Bertz CT molecular complexity index is 1370. The molecule has 36 heavy (non-hydrogen) atoms. The Balaban J connectivity index is 1.79. The van der Waals surface area contributed by atoms with Crippen LogP contribution in [0.3, 0.4) is 0 Å². The second-order valence-electron chi connectivity index (χ2n) is 10.2. The third kappa shape index (κ3) is 3.36. The van der Waals surface area contributed by atoms with E-state index < -0.39 is 11.0 Å². The van der Waals surface area contributed by atoms with Crippen LogP contribution in [0.15, 0.2) is 116 Å². The molecule has 0 fully saturated rings. The van der Waals surface area contributed by atoms with Gasteiger partial charge in [0.1, 0.15) is 0 Å². The normalized spacial score (nSPS) is 16.6. The third-order valence-corrected chi connectivity index (χ3v) is 8.52.